The second-order valence-electron chi connectivity index (χ2n) is 4.45. The second-order valence-corrected chi connectivity index (χ2v) is 7.31. The van der Waals surface area contributed by atoms with Crippen LogP contribution in [-0.4, -0.2) is 20.1 Å². The summed E-state index contributed by atoms with van der Waals surface area (Å²) < 4.78 is 32.9. The van der Waals surface area contributed by atoms with E-state index >= 15 is 0 Å². The van der Waals surface area contributed by atoms with Gasteiger partial charge in [-0.3, -0.25) is 0 Å². The maximum Gasteiger partial charge on any atom is 0.250 e. The van der Waals surface area contributed by atoms with E-state index in [1.165, 1.54) is 6.07 Å². The molecule has 1 aromatic heterocycles. The number of rotatable bonds is 4. The van der Waals surface area contributed by atoms with Gasteiger partial charge in [0.25, 0.3) is 10.0 Å². The highest BCUT2D eigenvalue weighted by molar-refractivity contribution is 7.91. The predicted molar refractivity (Wildman–Crippen MR) is 75.2 cm³/mol. The topological polar surface area (TPSA) is 75.6 Å². The maximum atomic E-state index is 12.3. The summed E-state index contributed by atoms with van der Waals surface area (Å²) in [6, 6.07) is 8.47. The van der Waals surface area contributed by atoms with E-state index in [-0.39, 0.29) is 23.5 Å². The first-order valence-corrected chi connectivity index (χ1v) is 8.39. The van der Waals surface area contributed by atoms with Crippen molar-refractivity contribution in [3.8, 4) is 5.75 Å². The van der Waals surface area contributed by atoms with Crippen molar-refractivity contribution in [3.05, 3.63) is 46.8 Å². The van der Waals surface area contributed by atoms with E-state index < -0.39 is 10.0 Å². The van der Waals surface area contributed by atoms with E-state index in [9.17, 15) is 8.42 Å². The number of nitrogens with one attached hydrogen (secondary N) is 1. The Kier molecular flexibility index (Phi) is 3.51. The average molecular weight is 311 g/mol. The highest BCUT2D eigenvalue weighted by Gasteiger charge is 2.29. The maximum absolute atomic E-state index is 12.3. The number of aliphatic hydroxyl groups excluding tert-OH is 1. The van der Waals surface area contributed by atoms with Crippen molar-refractivity contribution in [2.24, 2.45) is 0 Å². The zero-order valence-corrected chi connectivity index (χ0v) is 12.1. The van der Waals surface area contributed by atoms with Crippen molar-refractivity contribution in [2.45, 2.75) is 16.9 Å². The Labute approximate surface area is 120 Å². The molecule has 2 heterocycles. The van der Waals surface area contributed by atoms with Crippen LogP contribution >= 0.6 is 11.3 Å². The van der Waals surface area contributed by atoms with Crippen LogP contribution in [0.3, 0.4) is 0 Å². The van der Waals surface area contributed by atoms with E-state index in [1.54, 1.807) is 5.38 Å². The number of thiophene rings is 1. The number of aliphatic hydroxyl groups is 1. The Bertz CT molecular complexity index is 723. The Hall–Kier alpha value is -1.41. The molecule has 0 bridgehead atoms. The van der Waals surface area contributed by atoms with Crippen molar-refractivity contribution < 1.29 is 18.3 Å². The minimum absolute atomic E-state index is 0.165. The van der Waals surface area contributed by atoms with Gasteiger partial charge < -0.3 is 9.84 Å². The lowest BCUT2D eigenvalue weighted by atomic mass is 10.1. The molecule has 2 N–H and O–H groups in total. The number of fused-ring (bicyclic) bond motifs is 1. The van der Waals surface area contributed by atoms with Gasteiger partial charge in [-0.2, -0.15) is 4.72 Å². The molecule has 0 saturated heterocycles. The SMILES string of the molecule is O=S(=O)(NC1COc2ccccc21)c1cc(CO)cs1. The first kappa shape index (κ1) is 13.6. The largest absolute Gasteiger partial charge is 0.491 e. The molecule has 3 rings (SSSR count). The summed E-state index contributed by atoms with van der Waals surface area (Å²) >= 11 is 1.09. The lowest BCUT2D eigenvalue weighted by Gasteiger charge is -2.10. The van der Waals surface area contributed by atoms with E-state index in [0.717, 1.165) is 16.9 Å². The molecule has 20 heavy (non-hydrogen) atoms. The molecule has 1 unspecified atom stereocenters. The van der Waals surface area contributed by atoms with Gasteiger partial charge in [0.15, 0.2) is 0 Å². The monoisotopic (exact) mass is 311 g/mol. The smallest absolute Gasteiger partial charge is 0.250 e. The Morgan fingerprint density at radius 2 is 2.20 bits per heavy atom. The first-order chi connectivity index (χ1) is 9.60. The number of sulfonamides is 1. The van der Waals surface area contributed by atoms with E-state index in [1.807, 2.05) is 24.3 Å². The van der Waals surface area contributed by atoms with Crippen LogP contribution in [0.4, 0.5) is 0 Å². The summed E-state index contributed by atoms with van der Waals surface area (Å²) in [6.07, 6.45) is 0. The van der Waals surface area contributed by atoms with Crippen LogP contribution < -0.4 is 9.46 Å². The average Bonchev–Trinajstić information content (AvgIpc) is 3.06. The molecule has 0 aliphatic carbocycles. The number of benzene rings is 1. The lowest BCUT2D eigenvalue weighted by molar-refractivity contribution is 0.282. The summed E-state index contributed by atoms with van der Waals surface area (Å²) in [7, 11) is -3.60. The van der Waals surface area contributed by atoms with Crippen LogP contribution in [0.15, 0.2) is 39.9 Å². The molecular weight excluding hydrogens is 298 g/mol. The number of para-hydroxylation sites is 1. The lowest BCUT2D eigenvalue weighted by Crippen LogP contribution is -2.29. The normalized spacial score (nSPS) is 17.8. The summed E-state index contributed by atoms with van der Waals surface area (Å²) in [5, 5.41) is 10.6. The zero-order chi connectivity index (χ0) is 14.2. The van der Waals surface area contributed by atoms with Crippen molar-refractivity contribution in [3.63, 3.8) is 0 Å². The van der Waals surface area contributed by atoms with Crippen LogP contribution in [-0.2, 0) is 16.6 Å². The highest BCUT2D eigenvalue weighted by Crippen LogP contribution is 2.33. The van der Waals surface area contributed by atoms with Crippen LogP contribution in [0.5, 0.6) is 5.75 Å². The molecule has 0 amide bonds. The van der Waals surface area contributed by atoms with Crippen molar-refractivity contribution in [1.82, 2.24) is 4.72 Å². The van der Waals surface area contributed by atoms with Gasteiger partial charge in [0.05, 0.1) is 12.6 Å². The predicted octanol–water partition coefficient (Wildman–Crippen LogP) is 1.65. The number of hydrogen-bond acceptors (Lipinski definition) is 5. The van der Waals surface area contributed by atoms with Gasteiger partial charge in [-0.15, -0.1) is 11.3 Å². The summed E-state index contributed by atoms with van der Waals surface area (Å²) in [5.41, 5.74) is 1.44. The van der Waals surface area contributed by atoms with E-state index in [0.29, 0.717) is 11.3 Å². The van der Waals surface area contributed by atoms with Crippen molar-refractivity contribution in [2.75, 3.05) is 6.61 Å². The molecule has 1 atom stereocenters. The van der Waals surface area contributed by atoms with E-state index in [4.69, 9.17) is 9.84 Å². The molecule has 1 aliphatic rings. The van der Waals surface area contributed by atoms with Gasteiger partial charge in [-0.05, 0) is 23.1 Å². The molecule has 0 radical (unpaired) electrons. The number of ether oxygens (including phenoxy) is 1. The van der Waals surface area contributed by atoms with Gasteiger partial charge in [-0.25, -0.2) is 8.42 Å². The molecule has 0 saturated carbocycles. The Morgan fingerprint density at radius 3 is 2.95 bits per heavy atom. The molecule has 0 spiro atoms. The summed E-state index contributed by atoms with van der Waals surface area (Å²) in [6.45, 7) is 0.123. The van der Waals surface area contributed by atoms with Gasteiger partial charge in [0, 0.05) is 5.56 Å². The van der Waals surface area contributed by atoms with Gasteiger partial charge in [-0.1, -0.05) is 18.2 Å². The third-order valence-electron chi connectivity index (χ3n) is 3.07. The zero-order valence-electron chi connectivity index (χ0n) is 10.4. The summed E-state index contributed by atoms with van der Waals surface area (Å²) in [5.74, 6) is 0.711. The minimum Gasteiger partial charge on any atom is -0.491 e. The molecule has 0 fully saturated rings. The van der Waals surface area contributed by atoms with Crippen molar-refractivity contribution >= 4 is 21.4 Å². The van der Waals surface area contributed by atoms with Crippen LogP contribution in [0, 0.1) is 0 Å². The van der Waals surface area contributed by atoms with Crippen LogP contribution in [0.1, 0.15) is 17.2 Å². The fourth-order valence-electron chi connectivity index (χ4n) is 2.08. The minimum atomic E-state index is -3.60. The van der Waals surface area contributed by atoms with Crippen LogP contribution in [0.25, 0.3) is 0 Å². The Morgan fingerprint density at radius 1 is 1.40 bits per heavy atom. The van der Waals surface area contributed by atoms with Crippen LogP contribution in [0.2, 0.25) is 0 Å². The van der Waals surface area contributed by atoms with Crippen molar-refractivity contribution in [1.29, 1.82) is 0 Å². The van der Waals surface area contributed by atoms with Gasteiger partial charge in [0.2, 0.25) is 0 Å². The molecule has 5 nitrogen and oxygen atoms in total. The molecule has 7 heteroatoms. The quantitative estimate of drug-likeness (QED) is 0.900. The second kappa shape index (κ2) is 5.17. The summed E-state index contributed by atoms with van der Waals surface area (Å²) in [4.78, 5) is 0. The molecular formula is C13H13NO4S2. The third kappa shape index (κ3) is 2.45. The molecule has 106 valence electrons. The molecule has 1 aromatic carbocycles. The highest BCUT2D eigenvalue weighted by atomic mass is 32.2. The number of hydrogen-bond donors (Lipinski definition) is 2. The fraction of sp³-hybridized carbons (Fsp3) is 0.231. The molecule has 1 aliphatic heterocycles. The standard InChI is InChI=1S/C13H13NO4S2/c15-6-9-5-13(19-8-9)20(16,17)14-11-7-18-12-4-2-1-3-10(11)12/h1-5,8,11,14-15H,6-7H2. The third-order valence-corrected chi connectivity index (χ3v) is 6.03. The Balaban J connectivity index is 1.84. The molecule has 2 aromatic rings. The fourth-order valence-corrected chi connectivity index (χ4v) is 4.50. The first-order valence-electron chi connectivity index (χ1n) is 6.02. The van der Waals surface area contributed by atoms with Gasteiger partial charge in [0.1, 0.15) is 16.6 Å². The van der Waals surface area contributed by atoms with E-state index in [2.05, 4.69) is 4.72 Å². The van der Waals surface area contributed by atoms with Gasteiger partial charge >= 0.3 is 0 Å².